The van der Waals surface area contributed by atoms with Crippen molar-refractivity contribution < 1.29 is 9.21 Å². The maximum atomic E-state index is 12.7. The van der Waals surface area contributed by atoms with E-state index in [0.717, 1.165) is 22.3 Å². The molecule has 0 radical (unpaired) electrons. The smallest absolute Gasteiger partial charge is 0.280 e. The molecule has 0 fully saturated rings. The first kappa shape index (κ1) is 20.3. The molecule has 0 saturated carbocycles. The highest BCUT2D eigenvalue weighted by Gasteiger charge is 2.20. The number of nitrogen functional groups attached to an aromatic ring is 1. The summed E-state index contributed by atoms with van der Waals surface area (Å²) in [5.74, 6) is 0.942. The van der Waals surface area contributed by atoms with Crippen LogP contribution in [0, 0.1) is 27.7 Å². The molecule has 2 heterocycles. The summed E-state index contributed by atoms with van der Waals surface area (Å²) < 4.78 is 7.26. The summed E-state index contributed by atoms with van der Waals surface area (Å²) in [6.07, 6.45) is 0. The number of hydrogen-bond acceptors (Lipinski definition) is 6. The van der Waals surface area contributed by atoms with Gasteiger partial charge < -0.3 is 15.5 Å². The Bertz CT molecular complexity index is 1230. The van der Waals surface area contributed by atoms with Crippen molar-refractivity contribution in [2.45, 2.75) is 34.2 Å². The minimum atomic E-state index is -0.411. The number of rotatable bonds is 5. The standard InChI is InChI=1S/C23H24N6O2/c1-13-5-7-17(8-6-13)23-26-19(16(4)31-23)12-29-21(24)20(27-28-29)22(30)25-18-10-14(2)9-15(3)11-18/h5-11H,12,24H2,1-4H3,(H,25,30). The highest BCUT2D eigenvalue weighted by Crippen LogP contribution is 2.23. The van der Waals surface area contributed by atoms with Gasteiger partial charge in [0.15, 0.2) is 11.5 Å². The Morgan fingerprint density at radius 3 is 2.39 bits per heavy atom. The van der Waals surface area contributed by atoms with Crippen LogP contribution in [0.15, 0.2) is 46.9 Å². The predicted molar refractivity (Wildman–Crippen MR) is 119 cm³/mol. The Morgan fingerprint density at radius 1 is 1.03 bits per heavy atom. The molecule has 0 spiro atoms. The molecule has 2 aromatic carbocycles. The van der Waals surface area contributed by atoms with Crippen molar-refractivity contribution in [1.29, 1.82) is 0 Å². The average Bonchev–Trinajstić information content (AvgIpc) is 3.25. The zero-order valence-electron chi connectivity index (χ0n) is 17.9. The van der Waals surface area contributed by atoms with Gasteiger partial charge >= 0.3 is 0 Å². The molecule has 4 aromatic rings. The number of hydrogen-bond donors (Lipinski definition) is 2. The summed E-state index contributed by atoms with van der Waals surface area (Å²) in [5.41, 5.74) is 11.8. The van der Waals surface area contributed by atoms with E-state index in [1.165, 1.54) is 4.68 Å². The molecular weight excluding hydrogens is 392 g/mol. The fraction of sp³-hybridized carbons (Fsp3) is 0.217. The minimum absolute atomic E-state index is 0.0686. The normalized spacial score (nSPS) is 11.0. The largest absolute Gasteiger partial charge is 0.441 e. The van der Waals surface area contributed by atoms with Crippen molar-refractivity contribution in [3.8, 4) is 11.5 Å². The topological polar surface area (TPSA) is 112 Å². The number of amides is 1. The van der Waals surface area contributed by atoms with E-state index in [9.17, 15) is 4.79 Å². The number of anilines is 2. The molecule has 4 rings (SSSR count). The van der Waals surface area contributed by atoms with E-state index in [1.807, 2.05) is 70.2 Å². The second-order valence-corrected chi connectivity index (χ2v) is 7.70. The summed E-state index contributed by atoms with van der Waals surface area (Å²) in [6.45, 7) is 8.05. The van der Waals surface area contributed by atoms with Crippen molar-refractivity contribution in [3.05, 3.63) is 76.3 Å². The van der Waals surface area contributed by atoms with Crippen LogP contribution in [-0.2, 0) is 6.54 Å². The highest BCUT2D eigenvalue weighted by molar-refractivity contribution is 6.05. The summed E-state index contributed by atoms with van der Waals surface area (Å²) in [7, 11) is 0. The Kier molecular flexibility index (Phi) is 5.29. The predicted octanol–water partition coefficient (Wildman–Crippen LogP) is 4.05. The fourth-order valence-corrected chi connectivity index (χ4v) is 3.37. The molecule has 0 bridgehead atoms. The third-order valence-electron chi connectivity index (χ3n) is 4.96. The van der Waals surface area contributed by atoms with Gasteiger partial charge in [-0.2, -0.15) is 0 Å². The van der Waals surface area contributed by atoms with Crippen LogP contribution in [0.5, 0.6) is 0 Å². The Hall–Kier alpha value is -3.94. The minimum Gasteiger partial charge on any atom is -0.441 e. The lowest BCUT2D eigenvalue weighted by Crippen LogP contribution is -2.15. The molecule has 3 N–H and O–H groups in total. The van der Waals surface area contributed by atoms with Gasteiger partial charge in [0.25, 0.3) is 5.91 Å². The van der Waals surface area contributed by atoms with Crippen molar-refractivity contribution >= 4 is 17.4 Å². The Labute approximate surface area is 180 Å². The molecule has 2 aromatic heterocycles. The lowest BCUT2D eigenvalue weighted by molar-refractivity contribution is 0.102. The van der Waals surface area contributed by atoms with Gasteiger partial charge in [-0.25, -0.2) is 9.67 Å². The SMILES string of the molecule is Cc1ccc(-c2nc(Cn3nnc(C(=O)Nc4cc(C)cc(C)c4)c3N)c(C)o2)cc1. The molecule has 31 heavy (non-hydrogen) atoms. The van der Waals surface area contributed by atoms with Gasteiger partial charge in [-0.3, -0.25) is 4.79 Å². The van der Waals surface area contributed by atoms with Crippen LogP contribution in [0.25, 0.3) is 11.5 Å². The third kappa shape index (κ3) is 4.32. The van der Waals surface area contributed by atoms with Gasteiger partial charge in [0.1, 0.15) is 11.5 Å². The Morgan fingerprint density at radius 2 is 1.71 bits per heavy atom. The van der Waals surface area contributed by atoms with Gasteiger partial charge in [0, 0.05) is 11.3 Å². The number of nitrogens with zero attached hydrogens (tertiary/aromatic N) is 4. The van der Waals surface area contributed by atoms with E-state index in [2.05, 4.69) is 20.6 Å². The average molecular weight is 416 g/mol. The van der Waals surface area contributed by atoms with E-state index in [-0.39, 0.29) is 18.1 Å². The Balaban J connectivity index is 1.53. The zero-order valence-corrected chi connectivity index (χ0v) is 17.9. The van der Waals surface area contributed by atoms with Crippen molar-refractivity contribution in [2.24, 2.45) is 0 Å². The number of aryl methyl sites for hydroxylation is 4. The van der Waals surface area contributed by atoms with Crippen molar-refractivity contribution in [1.82, 2.24) is 20.0 Å². The lowest BCUT2D eigenvalue weighted by Gasteiger charge is -2.06. The van der Waals surface area contributed by atoms with Gasteiger partial charge in [-0.05, 0) is 63.1 Å². The van der Waals surface area contributed by atoms with E-state index in [0.29, 0.717) is 23.0 Å². The van der Waals surface area contributed by atoms with Gasteiger partial charge in [0.05, 0.1) is 6.54 Å². The summed E-state index contributed by atoms with van der Waals surface area (Å²) in [5, 5.41) is 10.8. The van der Waals surface area contributed by atoms with Crippen LogP contribution in [-0.4, -0.2) is 25.9 Å². The van der Waals surface area contributed by atoms with Gasteiger partial charge in [0.2, 0.25) is 5.89 Å². The fourth-order valence-electron chi connectivity index (χ4n) is 3.37. The number of oxazole rings is 1. The molecule has 1 amide bonds. The second kappa shape index (κ2) is 8.06. The quantitative estimate of drug-likeness (QED) is 0.508. The van der Waals surface area contributed by atoms with Crippen LogP contribution >= 0.6 is 0 Å². The molecule has 158 valence electrons. The third-order valence-corrected chi connectivity index (χ3v) is 4.96. The van der Waals surface area contributed by atoms with E-state index >= 15 is 0 Å². The molecule has 8 nitrogen and oxygen atoms in total. The van der Waals surface area contributed by atoms with E-state index in [4.69, 9.17) is 10.2 Å². The van der Waals surface area contributed by atoms with Crippen molar-refractivity contribution in [2.75, 3.05) is 11.1 Å². The first-order valence-electron chi connectivity index (χ1n) is 9.92. The molecule has 0 aliphatic rings. The van der Waals surface area contributed by atoms with Crippen LogP contribution in [0.3, 0.4) is 0 Å². The van der Waals surface area contributed by atoms with Gasteiger partial charge in [-0.1, -0.05) is 29.0 Å². The van der Waals surface area contributed by atoms with Crippen LogP contribution in [0.1, 0.15) is 38.6 Å². The number of carbonyl (C=O) groups is 1. The van der Waals surface area contributed by atoms with Crippen LogP contribution in [0.4, 0.5) is 11.5 Å². The van der Waals surface area contributed by atoms with Gasteiger partial charge in [-0.15, -0.1) is 5.10 Å². The molecule has 0 aliphatic carbocycles. The molecular formula is C23H24N6O2. The first-order chi connectivity index (χ1) is 14.8. The number of aromatic nitrogens is 4. The highest BCUT2D eigenvalue weighted by atomic mass is 16.4. The first-order valence-corrected chi connectivity index (χ1v) is 9.92. The summed E-state index contributed by atoms with van der Waals surface area (Å²) in [6, 6.07) is 13.7. The van der Waals surface area contributed by atoms with Crippen LogP contribution < -0.4 is 11.1 Å². The zero-order chi connectivity index (χ0) is 22.1. The van der Waals surface area contributed by atoms with E-state index in [1.54, 1.807) is 0 Å². The summed E-state index contributed by atoms with van der Waals surface area (Å²) >= 11 is 0. The van der Waals surface area contributed by atoms with Crippen molar-refractivity contribution in [3.63, 3.8) is 0 Å². The molecule has 0 atom stereocenters. The number of nitrogens with one attached hydrogen (secondary N) is 1. The molecule has 8 heteroatoms. The monoisotopic (exact) mass is 416 g/mol. The number of carbonyl (C=O) groups excluding carboxylic acids is 1. The second-order valence-electron chi connectivity index (χ2n) is 7.70. The number of nitrogens with two attached hydrogens (primary N) is 1. The lowest BCUT2D eigenvalue weighted by atomic mass is 10.1. The number of benzene rings is 2. The molecule has 0 saturated heterocycles. The maximum Gasteiger partial charge on any atom is 0.280 e. The molecule has 0 aliphatic heterocycles. The van der Waals surface area contributed by atoms with Crippen LogP contribution in [0.2, 0.25) is 0 Å². The maximum absolute atomic E-state index is 12.7. The summed E-state index contributed by atoms with van der Waals surface area (Å²) in [4.78, 5) is 17.2. The van der Waals surface area contributed by atoms with E-state index < -0.39 is 5.91 Å². The molecule has 0 unspecified atom stereocenters.